The smallest absolute Gasteiger partial charge is 0.263 e. The molecule has 1 aromatic carbocycles. The van der Waals surface area contributed by atoms with Gasteiger partial charge in [0.15, 0.2) is 6.10 Å². The second-order valence-corrected chi connectivity index (χ2v) is 8.06. The van der Waals surface area contributed by atoms with Crippen LogP contribution in [0.5, 0.6) is 5.75 Å². The summed E-state index contributed by atoms with van der Waals surface area (Å²) in [5.74, 6) is 0.794. The molecule has 2 rings (SSSR count). The Morgan fingerprint density at radius 1 is 1.42 bits per heavy atom. The first-order valence-electron chi connectivity index (χ1n) is 8.41. The molecule has 1 aliphatic rings. The molecule has 0 aliphatic carbocycles. The van der Waals surface area contributed by atoms with E-state index >= 15 is 0 Å². The summed E-state index contributed by atoms with van der Waals surface area (Å²) in [4.78, 5) is 14.5. The SMILES string of the molecule is CC(Oc1cccc(C(C)(C)C)c1)C(=O)N1CCC(C)(CN)C1.Cl. The third-order valence-electron chi connectivity index (χ3n) is 4.72. The molecule has 136 valence electrons. The van der Waals surface area contributed by atoms with Crippen LogP contribution in [-0.4, -0.2) is 36.5 Å². The zero-order chi connectivity index (χ0) is 17.3. The molecule has 0 spiro atoms. The molecule has 1 amide bonds. The predicted octanol–water partition coefficient (Wildman–Crippen LogP) is 3.37. The van der Waals surface area contributed by atoms with Gasteiger partial charge < -0.3 is 15.4 Å². The number of hydrogen-bond donors (Lipinski definition) is 1. The molecule has 0 bridgehead atoms. The van der Waals surface area contributed by atoms with Crippen molar-refractivity contribution in [3.63, 3.8) is 0 Å². The fraction of sp³-hybridized carbons (Fsp3) is 0.632. The summed E-state index contributed by atoms with van der Waals surface area (Å²) in [6, 6.07) is 8.01. The third kappa shape index (κ3) is 4.87. The van der Waals surface area contributed by atoms with Crippen molar-refractivity contribution in [3.8, 4) is 5.75 Å². The normalized spacial score (nSPS) is 22.0. The number of likely N-dealkylation sites (tertiary alicyclic amines) is 1. The van der Waals surface area contributed by atoms with Crippen molar-refractivity contribution in [2.45, 2.75) is 52.6 Å². The first-order chi connectivity index (χ1) is 10.6. The van der Waals surface area contributed by atoms with Crippen LogP contribution >= 0.6 is 12.4 Å². The van der Waals surface area contributed by atoms with Gasteiger partial charge in [-0.2, -0.15) is 0 Å². The van der Waals surface area contributed by atoms with Gasteiger partial charge in [0.25, 0.3) is 5.91 Å². The van der Waals surface area contributed by atoms with Gasteiger partial charge in [-0.05, 0) is 48.4 Å². The quantitative estimate of drug-likeness (QED) is 0.901. The number of nitrogens with zero attached hydrogens (tertiary/aromatic N) is 1. The lowest BCUT2D eigenvalue weighted by Gasteiger charge is -2.25. The highest BCUT2D eigenvalue weighted by molar-refractivity contribution is 5.85. The summed E-state index contributed by atoms with van der Waals surface area (Å²) < 4.78 is 5.90. The van der Waals surface area contributed by atoms with Gasteiger partial charge in [0, 0.05) is 13.1 Å². The maximum absolute atomic E-state index is 12.6. The van der Waals surface area contributed by atoms with E-state index in [1.54, 1.807) is 0 Å². The molecule has 2 atom stereocenters. The number of carbonyl (C=O) groups is 1. The Kier molecular flexibility index (Phi) is 6.71. The fourth-order valence-corrected chi connectivity index (χ4v) is 2.93. The van der Waals surface area contributed by atoms with E-state index < -0.39 is 6.10 Å². The first-order valence-corrected chi connectivity index (χ1v) is 8.41. The average Bonchev–Trinajstić information content (AvgIpc) is 2.89. The van der Waals surface area contributed by atoms with Crippen LogP contribution in [0.15, 0.2) is 24.3 Å². The first kappa shape index (κ1) is 20.8. The van der Waals surface area contributed by atoms with Crippen LogP contribution in [0.1, 0.15) is 46.6 Å². The van der Waals surface area contributed by atoms with Gasteiger partial charge in [0.05, 0.1) is 0 Å². The van der Waals surface area contributed by atoms with Crippen LogP contribution in [0.4, 0.5) is 0 Å². The Bertz CT molecular complexity index is 571. The summed E-state index contributed by atoms with van der Waals surface area (Å²) in [7, 11) is 0. The van der Waals surface area contributed by atoms with Crippen molar-refractivity contribution in [1.29, 1.82) is 0 Å². The molecule has 24 heavy (non-hydrogen) atoms. The van der Waals surface area contributed by atoms with Crippen LogP contribution in [0.2, 0.25) is 0 Å². The van der Waals surface area contributed by atoms with Crippen LogP contribution < -0.4 is 10.5 Å². The number of ether oxygens (including phenoxy) is 1. The van der Waals surface area contributed by atoms with Gasteiger partial charge >= 0.3 is 0 Å². The maximum Gasteiger partial charge on any atom is 0.263 e. The van der Waals surface area contributed by atoms with E-state index in [2.05, 4.69) is 33.8 Å². The molecule has 1 aliphatic heterocycles. The summed E-state index contributed by atoms with van der Waals surface area (Å²) >= 11 is 0. The molecule has 1 aromatic rings. The largest absolute Gasteiger partial charge is 0.481 e. The second kappa shape index (κ2) is 7.75. The number of halogens is 1. The van der Waals surface area contributed by atoms with Crippen LogP contribution in [0, 0.1) is 5.41 Å². The predicted molar refractivity (Wildman–Crippen MR) is 101 cm³/mol. The van der Waals surface area contributed by atoms with Gasteiger partial charge in [-0.3, -0.25) is 4.79 Å². The molecule has 4 nitrogen and oxygen atoms in total. The lowest BCUT2D eigenvalue weighted by molar-refractivity contribution is -0.137. The minimum Gasteiger partial charge on any atom is -0.481 e. The number of rotatable bonds is 4. The molecule has 2 N–H and O–H groups in total. The van der Waals surface area contributed by atoms with Crippen LogP contribution in [0.25, 0.3) is 0 Å². The number of carbonyl (C=O) groups excluding carboxylic acids is 1. The Morgan fingerprint density at radius 2 is 2.08 bits per heavy atom. The Labute approximate surface area is 152 Å². The van der Waals surface area contributed by atoms with E-state index in [4.69, 9.17) is 10.5 Å². The van der Waals surface area contributed by atoms with Crippen LogP contribution in [0.3, 0.4) is 0 Å². The zero-order valence-corrected chi connectivity index (χ0v) is 16.3. The Morgan fingerprint density at radius 3 is 2.62 bits per heavy atom. The van der Waals surface area contributed by atoms with E-state index in [1.165, 1.54) is 5.56 Å². The molecule has 0 saturated carbocycles. The lowest BCUT2D eigenvalue weighted by atomic mass is 9.87. The highest BCUT2D eigenvalue weighted by Crippen LogP contribution is 2.30. The zero-order valence-electron chi connectivity index (χ0n) is 15.5. The standard InChI is InChI=1S/C19H30N2O2.ClH/c1-14(17(22)21-10-9-19(5,12-20)13-21)23-16-8-6-7-15(11-16)18(2,3)4;/h6-8,11,14H,9-10,12-13,20H2,1-5H3;1H. The van der Waals surface area contributed by atoms with Crippen LogP contribution in [-0.2, 0) is 10.2 Å². The van der Waals surface area contributed by atoms with E-state index in [0.717, 1.165) is 25.3 Å². The number of benzene rings is 1. The van der Waals surface area contributed by atoms with Crippen molar-refractivity contribution in [3.05, 3.63) is 29.8 Å². The molecule has 1 fully saturated rings. The summed E-state index contributed by atoms with van der Waals surface area (Å²) in [6.07, 6.45) is 0.479. The van der Waals surface area contributed by atoms with Crippen molar-refractivity contribution in [1.82, 2.24) is 4.90 Å². The molecule has 1 saturated heterocycles. The highest BCUT2D eigenvalue weighted by Gasteiger charge is 2.36. The van der Waals surface area contributed by atoms with Crippen molar-refractivity contribution in [2.75, 3.05) is 19.6 Å². The molecule has 1 heterocycles. The summed E-state index contributed by atoms with van der Waals surface area (Å²) in [6.45, 7) is 12.6. The van der Waals surface area contributed by atoms with E-state index in [-0.39, 0.29) is 29.1 Å². The maximum atomic E-state index is 12.6. The number of amides is 1. The molecule has 2 unspecified atom stereocenters. The molecular weight excluding hydrogens is 324 g/mol. The van der Waals surface area contributed by atoms with Gasteiger partial charge in [0.2, 0.25) is 0 Å². The second-order valence-electron chi connectivity index (χ2n) is 8.06. The van der Waals surface area contributed by atoms with Gasteiger partial charge in [-0.15, -0.1) is 12.4 Å². The third-order valence-corrected chi connectivity index (χ3v) is 4.72. The van der Waals surface area contributed by atoms with Gasteiger partial charge in [-0.1, -0.05) is 39.8 Å². The molecule has 0 radical (unpaired) electrons. The van der Waals surface area contributed by atoms with Gasteiger partial charge in [-0.25, -0.2) is 0 Å². The summed E-state index contributed by atoms with van der Waals surface area (Å²) in [5, 5.41) is 0. The van der Waals surface area contributed by atoms with Gasteiger partial charge in [0.1, 0.15) is 5.75 Å². The summed E-state index contributed by atoms with van der Waals surface area (Å²) in [5.41, 5.74) is 7.12. The monoisotopic (exact) mass is 354 g/mol. The van der Waals surface area contributed by atoms with Crippen molar-refractivity contribution in [2.24, 2.45) is 11.1 Å². The minimum atomic E-state index is -0.481. The topological polar surface area (TPSA) is 55.6 Å². The molecule has 0 aromatic heterocycles. The van der Waals surface area contributed by atoms with E-state index in [0.29, 0.717) is 6.54 Å². The number of nitrogens with two attached hydrogens (primary N) is 1. The van der Waals surface area contributed by atoms with Crippen molar-refractivity contribution >= 4 is 18.3 Å². The van der Waals surface area contributed by atoms with Crippen molar-refractivity contribution < 1.29 is 9.53 Å². The Hall–Kier alpha value is -1.26. The van der Waals surface area contributed by atoms with E-state index in [1.807, 2.05) is 30.0 Å². The Balaban J connectivity index is 0.00000288. The minimum absolute atomic E-state index is 0. The van der Waals surface area contributed by atoms with E-state index in [9.17, 15) is 4.79 Å². The molecule has 5 heteroatoms. The lowest BCUT2D eigenvalue weighted by Crippen LogP contribution is -2.41. The fourth-order valence-electron chi connectivity index (χ4n) is 2.93. The molecular formula is C19H31ClN2O2. The highest BCUT2D eigenvalue weighted by atomic mass is 35.5. The average molecular weight is 355 g/mol. The number of hydrogen-bond acceptors (Lipinski definition) is 3.